The fourth-order valence-electron chi connectivity index (χ4n) is 1.37. The normalized spacial score (nSPS) is 12.7. The molecular weight excluding hydrogens is 228 g/mol. The van der Waals surface area contributed by atoms with Gasteiger partial charge in [0.15, 0.2) is 11.6 Å². The molecule has 0 saturated carbocycles. The number of nitrogens with zero attached hydrogens (tertiary/aromatic N) is 2. The van der Waals surface area contributed by atoms with Crippen LogP contribution in [-0.4, -0.2) is 16.2 Å². The lowest BCUT2D eigenvalue weighted by atomic mass is 10.2. The van der Waals surface area contributed by atoms with E-state index >= 15 is 0 Å². The molecule has 2 aromatic rings. The molecule has 1 aromatic carbocycles. The Hall–Kier alpha value is -1.82. The highest BCUT2D eigenvalue weighted by atomic mass is 19.2. The Kier molecular flexibility index (Phi) is 3.14. The third-order valence-electron chi connectivity index (χ3n) is 2.14. The zero-order valence-corrected chi connectivity index (χ0v) is 9.15. The summed E-state index contributed by atoms with van der Waals surface area (Å²) in [5.41, 5.74) is 5.94. The molecule has 0 aliphatic rings. The van der Waals surface area contributed by atoms with Crippen LogP contribution in [0.25, 0.3) is 11.4 Å². The lowest BCUT2D eigenvalue weighted by Gasteiger charge is -1.97. The van der Waals surface area contributed by atoms with Gasteiger partial charge >= 0.3 is 0 Å². The van der Waals surface area contributed by atoms with Crippen molar-refractivity contribution in [1.82, 2.24) is 10.1 Å². The second-order valence-corrected chi connectivity index (χ2v) is 3.82. The molecule has 1 heterocycles. The average Bonchev–Trinajstić information content (AvgIpc) is 2.69. The molecule has 4 nitrogen and oxygen atoms in total. The molecule has 0 radical (unpaired) electrons. The van der Waals surface area contributed by atoms with Gasteiger partial charge in [-0.1, -0.05) is 5.16 Å². The van der Waals surface area contributed by atoms with E-state index in [1.165, 1.54) is 6.07 Å². The van der Waals surface area contributed by atoms with Crippen molar-refractivity contribution in [3.63, 3.8) is 0 Å². The van der Waals surface area contributed by atoms with Gasteiger partial charge in [0.2, 0.25) is 11.7 Å². The summed E-state index contributed by atoms with van der Waals surface area (Å²) in [6.07, 6.45) is 0.441. The number of hydrogen-bond acceptors (Lipinski definition) is 4. The van der Waals surface area contributed by atoms with Crippen LogP contribution < -0.4 is 5.73 Å². The van der Waals surface area contributed by atoms with Crippen LogP contribution in [0.1, 0.15) is 12.8 Å². The van der Waals surface area contributed by atoms with Crippen molar-refractivity contribution < 1.29 is 13.3 Å². The van der Waals surface area contributed by atoms with Crippen LogP contribution in [0.2, 0.25) is 0 Å². The summed E-state index contributed by atoms with van der Waals surface area (Å²) < 4.78 is 30.7. The summed E-state index contributed by atoms with van der Waals surface area (Å²) >= 11 is 0. The predicted molar refractivity (Wildman–Crippen MR) is 57.0 cm³/mol. The van der Waals surface area contributed by atoms with Crippen LogP contribution >= 0.6 is 0 Å². The van der Waals surface area contributed by atoms with E-state index in [9.17, 15) is 8.78 Å². The second-order valence-electron chi connectivity index (χ2n) is 3.82. The molecule has 1 atom stereocenters. The quantitative estimate of drug-likeness (QED) is 0.888. The van der Waals surface area contributed by atoms with Crippen LogP contribution in [0.5, 0.6) is 0 Å². The summed E-state index contributed by atoms with van der Waals surface area (Å²) in [4.78, 5) is 4.04. The minimum absolute atomic E-state index is 0.103. The number of benzene rings is 1. The van der Waals surface area contributed by atoms with Gasteiger partial charge in [0, 0.05) is 18.0 Å². The maximum absolute atomic E-state index is 13.0. The first kappa shape index (κ1) is 11.7. The number of aromatic nitrogens is 2. The van der Waals surface area contributed by atoms with Crippen molar-refractivity contribution in [3.05, 3.63) is 35.7 Å². The molecule has 90 valence electrons. The fourth-order valence-corrected chi connectivity index (χ4v) is 1.37. The van der Waals surface area contributed by atoms with E-state index in [0.29, 0.717) is 17.9 Å². The molecule has 2 rings (SSSR count). The Morgan fingerprint density at radius 1 is 1.35 bits per heavy atom. The van der Waals surface area contributed by atoms with Gasteiger partial charge in [-0.15, -0.1) is 0 Å². The smallest absolute Gasteiger partial charge is 0.228 e. The van der Waals surface area contributed by atoms with Crippen molar-refractivity contribution in [2.75, 3.05) is 0 Å². The molecule has 0 aliphatic heterocycles. The zero-order valence-electron chi connectivity index (χ0n) is 9.15. The van der Waals surface area contributed by atoms with E-state index in [1.54, 1.807) is 6.92 Å². The number of halogens is 2. The number of rotatable bonds is 3. The van der Waals surface area contributed by atoms with Crippen molar-refractivity contribution in [3.8, 4) is 11.4 Å². The van der Waals surface area contributed by atoms with E-state index in [2.05, 4.69) is 10.1 Å². The molecule has 0 fully saturated rings. The molecule has 1 aromatic heterocycles. The van der Waals surface area contributed by atoms with Gasteiger partial charge in [0.1, 0.15) is 0 Å². The van der Waals surface area contributed by atoms with Crippen molar-refractivity contribution in [2.24, 2.45) is 5.73 Å². The standard InChI is InChI=1S/C11H11F2N3O/c1-6(14)4-10-15-11(16-17-10)7-2-3-8(12)9(13)5-7/h2-3,5-6H,4,14H2,1H3. The summed E-state index contributed by atoms with van der Waals surface area (Å²) in [7, 11) is 0. The zero-order chi connectivity index (χ0) is 12.4. The minimum Gasteiger partial charge on any atom is -0.339 e. The first-order valence-corrected chi connectivity index (χ1v) is 5.10. The summed E-state index contributed by atoms with van der Waals surface area (Å²) in [5, 5.41) is 3.68. The molecule has 1 unspecified atom stereocenters. The molecule has 2 N–H and O–H groups in total. The molecule has 0 saturated heterocycles. The third-order valence-corrected chi connectivity index (χ3v) is 2.14. The highest BCUT2D eigenvalue weighted by Crippen LogP contribution is 2.18. The maximum atomic E-state index is 13.0. The Labute approximate surface area is 96.4 Å². The van der Waals surface area contributed by atoms with E-state index in [4.69, 9.17) is 10.3 Å². The average molecular weight is 239 g/mol. The topological polar surface area (TPSA) is 64.9 Å². The van der Waals surface area contributed by atoms with Crippen LogP contribution in [-0.2, 0) is 6.42 Å². The largest absolute Gasteiger partial charge is 0.339 e. The van der Waals surface area contributed by atoms with Crippen LogP contribution in [0.4, 0.5) is 8.78 Å². The van der Waals surface area contributed by atoms with E-state index in [-0.39, 0.29) is 11.9 Å². The SMILES string of the molecule is CC(N)Cc1nc(-c2ccc(F)c(F)c2)no1. The Balaban J connectivity index is 2.27. The third kappa shape index (κ3) is 2.65. The Morgan fingerprint density at radius 2 is 2.12 bits per heavy atom. The molecule has 0 spiro atoms. The van der Waals surface area contributed by atoms with Gasteiger partial charge in [0.05, 0.1) is 0 Å². The van der Waals surface area contributed by atoms with Gasteiger partial charge in [0.25, 0.3) is 0 Å². The highest BCUT2D eigenvalue weighted by molar-refractivity contribution is 5.54. The van der Waals surface area contributed by atoms with Crippen molar-refractivity contribution in [1.29, 1.82) is 0 Å². The number of hydrogen-bond donors (Lipinski definition) is 1. The van der Waals surface area contributed by atoms with Gasteiger partial charge < -0.3 is 10.3 Å². The van der Waals surface area contributed by atoms with Gasteiger partial charge in [-0.3, -0.25) is 0 Å². The summed E-state index contributed by atoms with van der Waals surface area (Å²) in [5.74, 6) is -1.26. The molecule has 6 heteroatoms. The summed E-state index contributed by atoms with van der Waals surface area (Å²) in [6.45, 7) is 1.81. The highest BCUT2D eigenvalue weighted by Gasteiger charge is 2.12. The van der Waals surface area contributed by atoms with E-state index in [1.807, 2.05) is 0 Å². The van der Waals surface area contributed by atoms with Gasteiger partial charge in [-0.25, -0.2) is 8.78 Å². The van der Waals surface area contributed by atoms with Crippen molar-refractivity contribution in [2.45, 2.75) is 19.4 Å². The number of nitrogens with two attached hydrogens (primary N) is 1. The van der Waals surface area contributed by atoms with Gasteiger partial charge in [-0.2, -0.15) is 4.98 Å². The first-order valence-electron chi connectivity index (χ1n) is 5.10. The molecule has 0 aliphatic carbocycles. The molecule has 17 heavy (non-hydrogen) atoms. The van der Waals surface area contributed by atoms with Crippen molar-refractivity contribution >= 4 is 0 Å². The lowest BCUT2D eigenvalue weighted by molar-refractivity contribution is 0.372. The lowest BCUT2D eigenvalue weighted by Crippen LogP contribution is -2.17. The van der Waals surface area contributed by atoms with Crippen LogP contribution in [0, 0.1) is 11.6 Å². The van der Waals surface area contributed by atoms with E-state index < -0.39 is 11.6 Å². The predicted octanol–water partition coefficient (Wildman–Crippen LogP) is 1.90. The van der Waals surface area contributed by atoms with Crippen LogP contribution in [0.15, 0.2) is 22.7 Å². The summed E-state index contributed by atoms with van der Waals surface area (Å²) in [6, 6.07) is 3.33. The Morgan fingerprint density at radius 3 is 2.76 bits per heavy atom. The minimum atomic E-state index is -0.943. The monoisotopic (exact) mass is 239 g/mol. The molecule has 0 bridgehead atoms. The van der Waals surface area contributed by atoms with Gasteiger partial charge in [-0.05, 0) is 25.1 Å². The Bertz CT molecular complexity index is 525. The second kappa shape index (κ2) is 4.58. The molecule has 0 amide bonds. The van der Waals surface area contributed by atoms with Crippen LogP contribution in [0.3, 0.4) is 0 Å². The van der Waals surface area contributed by atoms with E-state index in [0.717, 1.165) is 12.1 Å². The molecular formula is C11H11F2N3O. The first-order chi connectivity index (χ1) is 8.06. The fraction of sp³-hybridized carbons (Fsp3) is 0.273. The maximum Gasteiger partial charge on any atom is 0.228 e.